The van der Waals surface area contributed by atoms with Crippen molar-refractivity contribution in [3.63, 3.8) is 0 Å². The molecule has 78 valence electrons. The topological polar surface area (TPSA) is 43.8 Å². The van der Waals surface area contributed by atoms with Crippen LogP contribution in [-0.2, 0) is 0 Å². The van der Waals surface area contributed by atoms with E-state index in [9.17, 15) is 0 Å². The van der Waals surface area contributed by atoms with Gasteiger partial charge >= 0.3 is 0 Å². The third kappa shape index (κ3) is 1.80. The van der Waals surface area contributed by atoms with Gasteiger partial charge in [0.05, 0.1) is 16.7 Å². The summed E-state index contributed by atoms with van der Waals surface area (Å²) in [6.07, 6.45) is 4.23. The smallest absolute Gasteiger partial charge is 0.136 e. The van der Waals surface area contributed by atoms with Crippen LogP contribution in [0.5, 0.6) is 0 Å². The highest BCUT2D eigenvalue weighted by molar-refractivity contribution is 9.10. The van der Waals surface area contributed by atoms with Gasteiger partial charge in [0, 0.05) is 5.25 Å². The number of rotatable bonds is 1. The maximum absolute atomic E-state index is 5.94. The third-order valence-electron chi connectivity index (χ3n) is 2.67. The standard InChI is InChI=1S/C9H14BrN3S/c1-6-8(3-2-4-14-6)13-9(11)7(10)5-12-13/h5-6,8H,2-4,11H2,1H3. The van der Waals surface area contributed by atoms with Gasteiger partial charge in [0.1, 0.15) is 5.82 Å². The van der Waals surface area contributed by atoms with E-state index in [0.717, 1.165) is 10.3 Å². The van der Waals surface area contributed by atoms with Crippen LogP contribution >= 0.6 is 27.7 Å². The monoisotopic (exact) mass is 275 g/mol. The number of hydrogen-bond acceptors (Lipinski definition) is 3. The van der Waals surface area contributed by atoms with Gasteiger partial charge < -0.3 is 5.73 Å². The fourth-order valence-electron chi connectivity index (χ4n) is 1.84. The second kappa shape index (κ2) is 4.14. The van der Waals surface area contributed by atoms with E-state index in [-0.39, 0.29) is 0 Å². The van der Waals surface area contributed by atoms with E-state index < -0.39 is 0 Å². The highest BCUT2D eigenvalue weighted by Gasteiger charge is 2.25. The van der Waals surface area contributed by atoms with Crippen molar-refractivity contribution < 1.29 is 0 Å². The summed E-state index contributed by atoms with van der Waals surface area (Å²) in [6.45, 7) is 2.25. The van der Waals surface area contributed by atoms with Crippen molar-refractivity contribution in [1.82, 2.24) is 9.78 Å². The van der Waals surface area contributed by atoms with Gasteiger partial charge in [-0.15, -0.1) is 0 Å². The summed E-state index contributed by atoms with van der Waals surface area (Å²) in [7, 11) is 0. The van der Waals surface area contributed by atoms with Crippen molar-refractivity contribution in [2.45, 2.75) is 31.1 Å². The van der Waals surface area contributed by atoms with Gasteiger partial charge in [-0.1, -0.05) is 6.92 Å². The zero-order valence-corrected chi connectivity index (χ0v) is 10.5. The first-order valence-corrected chi connectivity index (χ1v) is 6.64. The lowest BCUT2D eigenvalue weighted by Crippen LogP contribution is -2.25. The fourth-order valence-corrected chi connectivity index (χ4v) is 3.30. The number of halogens is 1. The summed E-state index contributed by atoms with van der Waals surface area (Å²) in [6, 6.07) is 0.458. The van der Waals surface area contributed by atoms with Gasteiger partial charge in [0.25, 0.3) is 0 Å². The largest absolute Gasteiger partial charge is 0.383 e. The van der Waals surface area contributed by atoms with Crippen molar-refractivity contribution in [3.05, 3.63) is 10.7 Å². The van der Waals surface area contributed by atoms with Crippen LogP contribution in [0.2, 0.25) is 0 Å². The molecule has 1 aromatic heterocycles. The Bertz CT molecular complexity index is 326. The summed E-state index contributed by atoms with van der Waals surface area (Å²) < 4.78 is 2.86. The first-order valence-electron chi connectivity index (χ1n) is 4.80. The third-order valence-corrected chi connectivity index (χ3v) is 4.64. The summed E-state index contributed by atoms with van der Waals surface area (Å²) >= 11 is 5.39. The van der Waals surface area contributed by atoms with Crippen LogP contribution in [0.4, 0.5) is 5.82 Å². The first-order chi connectivity index (χ1) is 6.70. The fraction of sp³-hybridized carbons (Fsp3) is 0.667. The molecule has 2 atom stereocenters. The van der Waals surface area contributed by atoms with E-state index in [1.54, 1.807) is 6.20 Å². The molecule has 2 heterocycles. The molecule has 0 bridgehead atoms. The molecule has 0 saturated carbocycles. The summed E-state index contributed by atoms with van der Waals surface area (Å²) in [5.41, 5.74) is 5.94. The molecule has 14 heavy (non-hydrogen) atoms. The molecule has 2 unspecified atom stereocenters. The number of thioether (sulfide) groups is 1. The van der Waals surface area contributed by atoms with Crippen LogP contribution in [0.25, 0.3) is 0 Å². The van der Waals surface area contributed by atoms with Crippen molar-refractivity contribution in [1.29, 1.82) is 0 Å². The molecule has 1 fully saturated rings. The Labute approximate surface area is 96.6 Å². The molecular formula is C9H14BrN3S. The van der Waals surface area contributed by atoms with Crippen LogP contribution in [-0.4, -0.2) is 20.8 Å². The van der Waals surface area contributed by atoms with Crippen molar-refractivity contribution in [2.75, 3.05) is 11.5 Å². The van der Waals surface area contributed by atoms with Crippen molar-refractivity contribution in [2.24, 2.45) is 0 Å². The zero-order valence-electron chi connectivity index (χ0n) is 8.11. The van der Waals surface area contributed by atoms with Crippen LogP contribution in [0.15, 0.2) is 10.7 Å². The number of hydrogen-bond donors (Lipinski definition) is 1. The average Bonchev–Trinajstić information content (AvgIpc) is 2.49. The maximum Gasteiger partial charge on any atom is 0.136 e. The lowest BCUT2D eigenvalue weighted by molar-refractivity contribution is 0.415. The van der Waals surface area contributed by atoms with Gasteiger partial charge in [-0.3, -0.25) is 0 Å². The Hall–Kier alpha value is -0.160. The molecule has 0 spiro atoms. The number of nitrogens with two attached hydrogens (primary N) is 1. The lowest BCUT2D eigenvalue weighted by Gasteiger charge is -2.29. The highest BCUT2D eigenvalue weighted by atomic mass is 79.9. The van der Waals surface area contributed by atoms with E-state index in [2.05, 4.69) is 28.0 Å². The summed E-state index contributed by atoms with van der Waals surface area (Å²) in [5.74, 6) is 2.02. The van der Waals surface area contributed by atoms with E-state index in [0.29, 0.717) is 11.3 Å². The molecule has 3 nitrogen and oxygen atoms in total. The van der Waals surface area contributed by atoms with E-state index in [1.807, 2.05) is 16.4 Å². The predicted molar refractivity (Wildman–Crippen MR) is 64.5 cm³/mol. The molecule has 1 aliphatic heterocycles. The molecular weight excluding hydrogens is 262 g/mol. The Morgan fingerprint density at radius 3 is 3.07 bits per heavy atom. The van der Waals surface area contributed by atoms with Gasteiger partial charge in [0.2, 0.25) is 0 Å². The quantitative estimate of drug-likeness (QED) is 0.857. The molecule has 1 saturated heterocycles. The minimum absolute atomic E-state index is 0.458. The highest BCUT2D eigenvalue weighted by Crippen LogP contribution is 2.36. The van der Waals surface area contributed by atoms with E-state index >= 15 is 0 Å². The maximum atomic E-state index is 5.94. The number of aromatic nitrogens is 2. The van der Waals surface area contributed by atoms with Crippen LogP contribution in [0.1, 0.15) is 25.8 Å². The minimum Gasteiger partial charge on any atom is -0.383 e. The molecule has 2 N–H and O–H groups in total. The lowest BCUT2D eigenvalue weighted by atomic mass is 10.1. The van der Waals surface area contributed by atoms with Crippen LogP contribution < -0.4 is 5.73 Å². The van der Waals surface area contributed by atoms with Crippen LogP contribution in [0, 0.1) is 0 Å². The first kappa shape index (κ1) is 10.4. The summed E-state index contributed by atoms with van der Waals surface area (Å²) in [5, 5.41) is 4.93. The molecule has 0 aliphatic carbocycles. The number of nitrogen functional groups attached to an aromatic ring is 1. The SMILES string of the molecule is CC1SCCCC1n1ncc(Br)c1N. The number of anilines is 1. The second-order valence-corrected chi connectivity index (χ2v) is 5.95. The van der Waals surface area contributed by atoms with Gasteiger partial charge in [-0.05, 0) is 34.5 Å². The zero-order chi connectivity index (χ0) is 10.1. The minimum atomic E-state index is 0.458. The molecule has 2 rings (SSSR count). The molecule has 0 amide bonds. The molecule has 0 aromatic carbocycles. The second-order valence-electron chi connectivity index (χ2n) is 3.61. The Morgan fingerprint density at radius 2 is 2.50 bits per heavy atom. The van der Waals surface area contributed by atoms with Crippen LogP contribution in [0.3, 0.4) is 0 Å². The van der Waals surface area contributed by atoms with Crippen molar-refractivity contribution >= 4 is 33.5 Å². The Morgan fingerprint density at radius 1 is 1.71 bits per heavy atom. The van der Waals surface area contributed by atoms with Crippen molar-refractivity contribution in [3.8, 4) is 0 Å². The van der Waals surface area contributed by atoms with Gasteiger partial charge in [-0.2, -0.15) is 16.9 Å². The molecule has 1 aromatic rings. The number of nitrogens with zero attached hydrogens (tertiary/aromatic N) is 2. The Balaban J connectivity index is 2.24. The average molecular weight is 276 g/mol. The van der Waals surface area contributed by atoms with E-state index in [4.69, 9.17) is 5.73 Å². The summed E-state index contributed by atoms with van der Waals surface area (Å²) in [4.78, 5) is 0. The Kier molecular flexibility index (Phi) is 3.07. The van der Waals surface area contributed by atoms with Gasteiger partial charge in [0.15, 0.2) is 0 Å². The molecule has 0 radical (unpaired) electrons. The molecule has 5 heteroatoms. The molecule has 1 aliphatic rings. The van der Waals surface area contributed by atoms with E-state index in [1.165, 1.54) is 18.6 Å². The normalized spacial score (nSPS) is 27.9. The van der Waals surface area contributed by atoms with Gasteiger partial charge in [-0.25, -0.2) is 4.68 Å². The predicted octanol–water partition coefficient (Wildman–Crippen LogP) is 2.68.